The molecule has 0 radical (unpaired) electrons. The second kappa shape index (κ2) is 4.85. The molecular weight excluding hydrogens is 200 g/mol. The lowest BCUT2D eigenvalue weighted by molar-refractivity contribution is 0.115. The van der Waals surface area contributed by atoms with Gasteiger partial charge in [0.05, 0.1) is 7.11 Å². The predicted molar refractivity (Wildman–Crippen MR) is 65.9 cm³/mol. The van der Waals surface area contributed by atoms with Gasteiger partial charge < -0.3 is 9.64 Å². The molecule has 1 heterocycles. The summed E-state index contributed by atoms with van der Waals surface area (Å²) >= 11 is 0. The summed E-state index contributed by atoms with van der Waals surface area (Å²) in [5, 5.41) is 0. The van der Waals surface area contributed by atoms with E-state index in [1.807, 2.05) is 12.1 Å². The van der Waals surface area contributed by atoms with Crippen LogP contribution in [0.1, 0.15) is 11.6 Å². The molecule has 1 atom stereocenters. The highest BCUT2D eigenvalue weighted by atomic mass is 16.5. The summed E-state index contributed by atoms with van der Waals surface area (Å²) in [4.78, 5) is 4.80. The van der Waals surface area contributed by atoms with E-state index in [1.54, 1.807) is 7.11 Å². The molecule has 1 aliphatic heterocycles. The van der Waals surface area contributed by atoms with Gasteiger partial charge in [-0.3, -0.25) is 4.90 Å². The second-order valence-corrected chi connectivity index (χ2v) is 4.53. The Morgan fingerprint density at radius 1 is 1.12 bits per heavy atom. The highest BCUT2D eigenvalue weighted by Crippen LogP contribution is 2.24. The van der Waals surface area contributed by atoms with Crippen LogP contribution in [0.4, 0.5) is 0 Å². The highest BCUT2D eigenvalue weighted by molar-refractivity contribution is 5.29. The van der Waals surface area contributed by atoms with Gasteiger partial charge in [-0.25, -0.2) is 0 Å². The number of hydrogen-bond acceptors (Lipinski definition) is 3. The molecule has 0 bridgehead atoms. The lowest BCUT2D eigenvalue weighted by atomic mass is 10.0. The van der Waals surface area contributed by atoms with Crippen LogP contribution in [0, 0.1) is 0 Å². The Kier molecular flexibility index (Phi) is 3.46. The van der Waals surface area contributed by atoms with E-state index >= 15 is 0 Å². The van der Waals surface area contributed by atoms with Crippen molar-refractivity contribution in [2.75, 3.05) is 40.8 Å². The summed E-state index contributed by atoms with van der Waals surface area (Å²) in [6.45, 7) is 3.39. The summed E-state index contributed by atoms with van der Waals surface area (Å²) in [7, 11) is 6.08. The quantitative estimate of drug-likeness (QED) is 0.753. The summed E-state index contributed by atoms with van der Waals surface area (Å²) in [5.41, 5.74) is 1.37. The van der Waals surface area contributed by atoms with Crippen LogP contribution < -0.4 is 4.74 Å². The molecular formula is C13H20N2O. The minimum Gasteiger partial charge on any atom is -0.497 e. The average Bonchev–Trinajstić information content (AvgIpc) is 2.32. The van der Waals surface area contributed by atoms with E-state index in [0.29, 0.717) is 6.04 Å². The van der Waals surface area contributed by atoms with Crippen LogP contribution in [0.25, 0.3) is 0 Å². The first-order chi connectivity index (χ1) is 7.70. The average molecular weight is 220 g/mol. The number of likely N-dealkylation sites (N-methyl/N-ethyl adjacent to an activating group) is 2. The Labute approximate surface area is 97.6 Å². The van der Waals surface area contributed by atoms with E-state index < -0.39 is 0 Å². The van der Waals surface area contributed by atoms with Crippen molar-refractivity contribution >= 4 is 0 Å². The number of methoxy groups -OCH3 is 1. The molecule has 1 unspecified atom stereocenters. The van der Waals surface area contributed by atoms with Crippen LogP contribution in [0.3, 0.4) is 0 Å². The number of nitrogens with zero attached hydrogens (tertiary/aromatic N) is 2. The molecule has 1 aromatic carbocycles. The molecule has 2 rings (SSSR count). The normalized spacial score (nSPS) is 23.3. The van der Waals surface area contributed by atoms with E-state index in [2.05, 4.69) is 36.0 Å². The van der Waals surface area contributed by atoms with Gasteiger partial charge in [0, 0.05) is 25.7 Å². The lowest BCUT2D eigenvalue weighted by Gasteiger charge is -2.38. The fraction of sp³-hybridized carbons (Fsp3) is 0.538. The lowest BCUT2D eigenvalue weighted by Crippen LogP contribution is -2.44. The van der Waals surface area contributed by atoms with Crippen molar-refractivity contribution < 1.29 is 4.74 Å². The molecule has 0 aliphatic carbocycles. The third kappa shape index (κ3) is 2.36. The Bertz CT molecular complexity index is 336. The van der Waals surface area contributed by atoms with Gasteiger partial charge in [0.25, 0.3) is 0 Å². The summed E-state index contributed by atoms with van der Waals surface area (Å²) < 4.78 is 5.18. The van der Waals surface area contributed by atoms with Gasteiger partial charge in [0.15, 0.2) is 0 Å². The number of benzene rings is 1. The molecule has 16 heavy (non-hydrogen) atoms. The predicted octanol–water partition coefficient (Wildman–Crippen LogP) is 1.61. The van der Waals surface area contributed by atoms with Gasteiger partial charge >= 0.3 is 0 Å². The first-order valence-electron chi connectivity index (χ1n) is 5.73. The molecule has 3 nitrogen and oxygen atoms in total. The fourth-order valence-corrected chi connectivity index (χ4v) is 2.20. The van der Waals surface area contributed by atoms with Gasteiger partial charge in [-0.05, 0) is 31.8 Å². The minimum atomic E-state index is 0.504. The third-order valence-electron chi connectivity index (χ3n) is 3.35. The molecule has 1 aliphatic rings. The topological polar surface area (TPSA) is 15.7 Å². The smallest absolute Gasteiger partial charge is 0.118 e. The molecule has 0 saturated carbocycles. The summed E-state index contributed by atoms with van der Waals surface area (Å²) in [5.74, 6) is 0.926. The molecule has 0 aromatic heterocycles. The highest BCUT2D eigenvalue weighted by Gasteiger charge is 2.23. The van der Waals surface area contributed by atoms with E-state index in [4.69, 9.17) is 4.74 Å². The Balaban J connectivity index is 2.15. The van der Waals surface area contributed by atoms with Crippen LogP contribution in [0.15, 0.2) is 24.3 Å². The van der Waals surface area contributed by atoms with E-state index in [-0.39, 0.29) is 0 Å². The Hall–Kier alpha value is -1.06. The zero-order valence-corrected chi connectivity index (χ0v) is 10.3. The maximum Gasteiger partial charge on any atom is 0.118 e. The van der Waals surface area contributed by atoms with Crippen LogP contribution in [0.2, 0.25) is 0 Å². The van der Waals surface area contributed by atoms with Crippen LogP contribution in [-0.2, 0) is 0 Å². The molecule has 0 spiro atoms. The van der Waals surface area contributed by atoms with Crippen molar-refractivity contribution in [2.24, 2.45) is 0 Å². The minimum absolute atomic E-state index is 0.504. The first-order valence-corrected chi connectivity index (χ1v) is 5.73. The molecule has 0 amide bonds. The summed E-state index contributed by atoms with van der Waals surface area (Å²) in [6, 6.07) is 8.91. The number of piperazine rings is 1. The second-order valence-electron chi connectivity index (χ2n) is 4.53. The van der Waals surface area contributed by atoms with Gasteiger partial charge in [0.2, 0.25) is 0 Å². The van der Waals surface area contributed by atoms with Gasteiger partial charge in [-0.15, -0.1) is 0 Å². The van der Waals surface area contributed by atoms with Gasteiger partial charge in [-0.2, -0.15) is 0 Å². The van der Waals surface area contributed by atoms with E-state index in [9.17, 15) is 0 Å². The molecule has 1 saturated heterocycles. The van der Waals surface area contributed by atoms with Crippen molar-refractivity contribution in [3.8, 4) is 5.75 Å². The van der Waals surface area contributed by atoms with Gasteiger partial charge in [-0.1, -0.05) is 12.1 Å². The molecule has 1 fully saturated rings. The third-order valence-corrected chi connectivity index (χ3v) is 3.35. The number of hydrogen-bond donors (Lipinski definition) is 0. The zero-order chi connectivity index (χ0) is 11.5. The van der Waals surface area contributed by atoms with E-state index in [1.165, 1.54) is 5.56 Å². The molecule has 88 valence electrons. The molecule has 1 aromatic rings. The fourth-order valence-electron chi connectivity index (χ4n) is 2.20. The van der Waals surface area contributed by atoms with Crippen molar-refractivity contribution in [3.63, 3.8) is 0 Å². The van der Waals surface area contributed by atoms with Crippen LogP contribution in [-0.4, -0.2) is 50.6 Å². The summed E-state index contributed by atoms with van der Waals surface area (Å²) in [6.07, 6.45) is 0. The van der Waals surface area contributed by atoms with Crippen LogP contribution >= 0.6 is 0 Å². The zero-order valence-electron chi connectivity index (χ0n) is 10.3. The Morgan fingerprint density at radius 3 is 2.44 bits per heavy atom. The van der Waals surface area contributed by atoms with Gasteiger partial charge in [0.1, 0.15) is 5.75 Å². The number of rotatable bonds is 2. The van der Waals surface area contributed by atoms with Crippen molar-refractivity contribution in [3.05, 3.63) is 29.8 Å². The van der Waals surface area contributed by atoms with Crippen molar-refractivity contribution in [1.29, 1.82) is 0 Å². The van der Waals surface area contributed by atoms with E-state index in [0.717, 1.165) is 25.4 Å². The number of ether oxygens (including phenoxy) is 1. The van der Waals surface area contributed by atoms with Crippen molar-refractivity contribution in [1.82, 2.24) is 9.80 Å². The maximum absolute atomic E-state index is 5.18. The maximum atomic E-state index is 5.18. The SMILES string of the molecule is COc1ccc(C2CN(C)CCN2C)cc1. The molecule has 0 N–H and O–H groups in total. The van der Waals surface area contributed by atoms with Crippen molar-refractivity contribution in [2.45, 2.75) is 6.04 Å². The standard InChI is InChI=1S/C13H20N2O/c1-14-8-9-15(2)13(10-14)11-4-6-12(16-3)7-5-11/h4-7,13H,8-10H2,1-3H3. The first kappa shape index (κ1) is 11.4. The largest absolute Gasteiger partial charge is 0.497 e. The monoisotopic (exact) mass is 220 g/mol. The molecule has 3 heteroatoms. The van der Waals surface area contributed by atoms with Crippen LogP contribution in [0.5, 0.6) is 5.75 Å². The Morgan fingerprint density at radius 2 is 1.81 bits per heavy atom.